The van der Waals surface area contributed by atoms with E-state index in [1.807, 2.05) is 42.8 Å². The number of hydrogen-bond acceptors (Lipinski definition) is 3. The molecule has 0 aliphatic carbocycles. The maximum Gasteiger partial charge on any atom is 0.313 e. The van der Waals surface area contributed by atoms with E-state index in [1.54, 1.807) is 17.4 Å². The fourth-order valence-corrected chi connectivity index (χ4v) is 3.11. The van der Waals surface area contributed by atoms with E-state index in [-0.39, 0.29) is 6.04 Å². The number of aryl methyl sites for hydroxylation is 2. The topological polar surface area (TPSA) is 67.2 Å². The predicted octanol–water partition coefficient (Wildman–Crippen LogP) is 2.13. The third kappa shape index (κ3) is 3.48. The molecule has 1 atom stereocenters. The summed E-state index contributed by atoms with van der Waals surface area (Å²) in [6, 6.07) is 5.84. The molecule has 24 heavy (non-hydrogen) atoms. The summed E-state index contributed by atoms with van der Waals surface area (Å²) in [5, 5.41) is 2.76. The summed E-state index contributed by atoms with van der Waals surface area (Å²) in [6.07, 6.45) is 7.14. The number of likely N-dealkylation sites (tertiary alicyclic amines) is 1. The van der Waals surface area contributed by atoms with Gasteiger partial charge in [0.15, 0.2) is 0 Å². The predicted molar refractivity (Wildman–Crippen MR) is 91.5 cm³/mol. The van der Waals surface area contributed by atoms with Crippen LogP contribution < -0.4 is 5.32 Å². The summed E-state index contributed by atoms with van der Waals surface area (Å²) in [7, 11) is 0. The van der Waals surface area contributed by atoms with Crippen molar-refractivity contribution in [3.8, 4) is 0 Å². The minimum Gasteiger partial charge on any atom is -0.335 e. The molecule has 1 saturated heterocycles. The molecule has 1 aromatic carbocycles. The molecular weight excluding hydrogens is 304 g/mol. The van der Waals surface area contributed by atoms with Crippen LogP contribution in [0.1, 0.15) is 24.0 Å². The Morgan fingerprint density at radius 2 is 2.17 bits per heavy atom. The molecule has 2 aromatic rings. The van der Waals surface area contributed by atoms with Crippen LogP contribution in [-0.4, -0.2) is 38.9 Å². The SMILES string of the molecule is Cc1ccc(C)c(NC(=O)C(=O)N2CCC[C@H]2Cn2ccnc2)c1. The fourth-order valence-electron chi connectivity index (χ4n) is 3.11. The molecule has 0 unspecified atom stereocenters. The van der Waals surface area contributed by atoms with Crippen LogP contribution in [0.4, 0.5) is 5.69 Å². The molecular formula is C18H22N4O2. The molecule has 1 fully saturated rings. The number of carbonyl (C=O) groups is 2. The van der Waals surface area contributed by atoms with Crippen molar-refractivity contribution in [3.05, 3.63) is 48.0 Å². The highest BCUT2D eigenvalue weighted by molar-refractivity contribution is 6.39. The van der Waals surface area contributed by atoms with Crippen LogP contribution >= 0.6 is 0 Å². The number of hydrogen-bond donors (Lipinski definition) is 1. The average molecular weight is 326 g/mol. The zero-order chi connectivity index (χ0) is 17.1. The van der Waals surface area contributed by atoms with E-state index in [0.717, 1.165) is 24.0 Å². The van der Waals surface area contributed by atoms with Crippen molar-refractivity contribution < 1.29 is 9.59 Å². The molecule has 1 aliphatic heterocycles. The summed E-state index contributed by atoms with van der Waals surface area (Å²) in [4.78, 5) is 30.7. The van der Waals surface area contributed by atoms with E-state index in [0.29, 0.717) is 18.8 Å². The third-order valence-corrected chi connectivity index (χ3v) is 4.45. The lowest BCUT2D eigenvalue weighted by molar-refractivity contribution is -0.143. The van der Waals surface area contributed by atoms with Gasteiger partial charge in [-0.25, -0.2) is 4.98 Å². The Kier molecular flexibility index (Phi) is 4.64. The summed E-state index contributed by atoms with van der Waals surface area (Å²) in [5.41, 5.74) is 2.68. The summed E-state index contributed by atoms with van der Waals surface area (Å²) in [5.74, 6) is -1.03. The molecule has 0 radical (unpaired) electrons. The van der Waals surface area contributed by atoms with E-state index in [4.69, 9.17) is 0 Å². The minimum absolute atomic E-state index is 0.0380. The van der Waals surface area contributed by atoms with Crippen LogP contribution in [-0.2, 0) is 16.1 Å². The second kappa shape index (κ2) is 6.86. The van der Waals surface area contributed by atoms with Crippen LogP contribution in [0.15, 0.2) is 36.9 Å². The van der Waals surface area contributed by atoms with Crippen LogP contribution in [0.25, 0.3) is 0 Å². The number of aromatic nitrogens is 2. The smallest absolute Gasteiger partial charge is 0.313 e. The van der Waals surface area contributed by atoms with Crippen LogP contribution in [0, 0.1) is 13.8 Å². The molecule has 2 heterocycles. The monoisotopic (exact) mass is 326 g/mol. The van der Waals surface area contributed by atoms with Crippen molar-refractivity contribution in [2.75, 3.05) is 11.9 Å². The zero-order valence-corrected chi connectivity index (χ0v) is 14.0. The highest BCUT2D eigenvalue weighted by Gasteiger charge is 2.32. The first-order chi connectivity index (χ1) is 11.5. The number of carbonyl (C=O) groups excluding carboxylic acids is 2. The van der Waals surface area contributed by atoms with Gasteiger partial charge >= 0.3 is 11.8 Å². The van der Waals surface area contributed by atoms with Crippen molar-refractivity contribution in [2.45, 2.75) is 39.3 Å². The molecule has 1 N–H and O–H groups in total. The van der Waals surface area contributed by atoms with Gasteiger partial charge in [-0.3, -0.25) is 9.59 Å². The van der Waals surface area contributed by atoms with Gasteiger partial charge in [0.1, 0.15) is 0 Å². The van der Waals surface area contributed by atoms with Crippen molar-refractivity contribution in [2.24, 2.45) is 0 Å². The molecule has 6 nitrogen and oxygen atoms in total. The normalized spacial score (nSPS) is 17.1. The van der Waals surface area contributed by atoms with Gasteiger partial charge in [-0.1, -0.05) is 12.1 Å². The lowest BCUT2D eigenvalue weighted by Crippen LogP contribution is -2.44. The van der Waals surface area contributed by atoms with Crippen molar-refractivity contribution in [1.29, 1.82) is 0 Å². The van der Waals surface area contributed by atoms with Gasteiger partial charge in [0, 0.05) is 31.2 Å². The maximum absolute atomic E-state index is 12.6. The molecule has 1 aliphatic rings. The summed E-state index contributed by atoms with van der Waals surface area (Å²) < 4.78 is 1.94. The number of nitrogens with zero attached hydrogens (tertiary/aromatic N) is 3. The molecule has 126 valence electrons. The first kappa shape index (κ1) is 16.2. The Bertz CT molecular complexity index is 739. The third-order valence-electron chi connectivity index (χ3n) is 4.45. The van der Waals surface area contributed by atoms with E-state index >= 15 is 0 Å². The largest absolute Gasteiger partial charge is 0.335 e. The highest BCUT2D eigenvalue weighted by atomic mass is 16.2. The Labute approximate surface area is 141 Å². The standard InChI is InChI=1S/C18H22N4O2/c1-13-5-6-14(2)16(10-13)20-17(23)18(24)22-8-3-4-15(22)11-21-9-7-19-12-21/h5-7,9-10,12,15H,3-4,8,11H2,1-2H3,(H,20,23)/t15-/m0/s1. The average Bonchev–Trinajstić information content (AvgIpc) is 3.22. The van der Waals surface area contributed by atoms with Gasteiger partial charge in [0.25, 0.3) is 0 Å². The number of rotatable bonds is 3. The molecule has 1 aromatic heterocycles. The van der Waals surface area contributed by atoms with Gasteiger partial charge in [-0.15, -0.1) is 0 Å². The Morgan fingerprint density at radius 1 is 1.33 bits per heavy atom. The van der Waals surface area contributed by atoms with Crippen molar-refractivity contribution >= 4 is 17.5 Å². The van der Waals surface area contributed by atoms with E-state index in [9.17, 15) is 9.59 Å². The minimum atomic E-state index is -0.568. The molecule has 0 bridgehead atoms. The summed E-state index contributed by atoms with van der Waals surface area (Å²) in [6.45, 7) is 5.16. The lowest BCUT2D eigenvalue weighted by Gasteiger charge is -2.24. The second-order valence-electron chi connectivity index (χ2n) is 6.33. The Hall–Kier alpha value is -2.63. The van der Waals surface area contributed by atoms with E-state index in [1.165, 1.54) is 0 Å². The van der Waals surface area contributed by atoms with Gasteiger partial charge in [0.2, 0.25) is 0 Å². The number of imidazole rings is 1. The quantitative estimate of drug-likeness (QED) is 0.879. The van der Waals surface area contributed by atoms with Crippen LogP contribution in [0.5, 0.6) is 0 Å². The lowest BCUT2D eigenvalue weighted by atomic mass is 10.1. The van der Waals surface area contributed by atoms with Gasteiger partial charge < -0.3 is 14.8 Å². The number of benzene rings is 1. The fraction of sp³-hybridized carbons (Fsp3) is 0.389. The molecule has 3 rings (SSSR count). The summed E-state index contributed by atoms with van der Waals surface area (Å²) >= 11 is 0. The van der Waals surface area contributed by atoms with Crippen LogP contribution in [0.3, 0.4) is 0 Å². The molecule has 6 heteroatoms. The van der Waals surface area contributed by atoms with Gasteiger partial charge in [0.05, 0.1) is 12.4 Å². The Balaban J connectivity index is 1.68. The van der Waals surface area contributed by atoms with Gasteiger partial charge in [-0.05, 0) is 43.9 Å². The van der Waals surface area contributed by atoms with Gasteiger partial charge in [-0.2, -0.15) is 0 Å². The zero-order valence-electron chi connectivity index (χ0n) is 14.0. The second-order valence-corrected chi connectivity index (χ2v) is 6.33. The molecule has 2 amide bonds. The maximum atomic E-state index is 12.6. The van der Waals surface area contributed by atoms with E-state index in [2.05, 4.69) is 10.3 Å². The number of amides is 2. The Morgan fingerprint density at radius 3 is 2.92 bits per heavy atom. The van der Waals surface area contributed by atoms with Crippen molar-refractivity contribution in [1.82, 2.24) is 14.5 Å². The first-order valence-electron chi connectivity index (χ1n) is 8.19. The molecule has 0 spiro atoms. The van der Waals surface area contributed by atoms with Crippen LogP contribution in [0.2, 0.25) is 0 Å². The number of anilines is 1. The first-order valence-corrected chi connectivity index (χ1v) is 8.19. The highest BCUT2D eigenvalue weighted by Crippen LogP contribution is 2.21. The number of nitrogens with one attached hydrogen (secondary N) is 1. The molecule has 0 saturated carbocycles. The van der Waals surface area contributed by atoms with Crippen molar-refractivity contribution in [3.63, 3.8) is 0 Å². The van der Waals surface area contributed by atoms with E-state index < -0.39 is 11.8 Å².